The van der Waals surface area contributed by atoms with Gasteiger partial charge in [0.15, 0.2) is 0 Å². The van der Waals surface area contributed by atoms with Gasteiger partial charge >= 0.3 is 5.97 Å². The van der Waals surface area contributed by atoms with Crippen LogP contribution in [-0.4, -0.2) is 31.9 Å². The highest BCUT2D eigenvalue weighted by atomic mass is 19.3. The number of hydrogen-bond acceptors (Lipinski definition) is 6. The number of rotatable bonds is 5. The van der Waals surface area contributed by atoms with E-state index < -0.39 is 29.6 Å². The van der Waals surface area contributed by atoms with Crippen LogP contribution in [0.5, 0.6) is 0 Å². The molecule has 0 saturated carbocycles. The molecule has 25 heavy (non-hydrogen) atoms. The highest BCUT2D eigenvalue weighted by Gasteiger charge is 2.21. The third kappa shape index (κ3) is 3.27. The molecule has 0 unspecified atom stereocenters. The van der Waals surface area contributed by atoms with E-state index in [4.69, 9.17) is 9.52 Å². The smallest absolute Gasteiger partial charge is 0.339 e. The minimum atomic E-state index is -3.08. The van der Waals surface area contributed by atoms with Crippen LogP contribution in [0, 0.1) is 0 Å². The van der Waals surface area contributed by atoms with Gasteiger partial charge in [0.1, 0.15) is 28.4 Å². The number of pyridine rings is 1. The molecule has 8 nitrogen and oxygen atoms in total. The number of alkyl halides is 2. The van der Waals surface area contributed by atoms with E-state index in [1.165, 1.54) is 12.5 Å². The van der Waals surface area contributed by atoms with Crippen molar-refractivity contribution in [2.24, 2.45) is 0 Å². The molecule has 0 saturated heterocycles. The van der Waals surface area contributed by atoms with Crippen molar-refractivity contribution in [1.29, 1.82) is 0 Å². The van der Waals surface area contributed by atoms with Crippen molar-refractivity contribution in [3.05, 3.63) is 53.6 Å². The summed E-state index contributed by atoms with van der Waals surface area (Å²) >= 11 is 0. The van der Waals surface area contributed by atoms with Crippen LogP contribution in [0.4, 0.5) is 8.78 Å². The first-order valence-corrected chi connectivity index (χ1v) is 6.95. The van der Waals surface area contributed by atoms with E-state index in [0.717, 1.165) is 6.20 Å². The van der Waals surface area contributed by atoms with Crippen molar-refractivity contribution >= 4 is 22.8 Å². The van der Waals surface area contributed by atoms with Crippen LogP contribution in [0.2, 0.25) is 0 Å². The molecular weight excluding hydrogens is 338 g/mol. The summed E-state index contributed by atoms with van der Waals surface area (Å²) in [5.74, 6) is -2.27. The molecule has 0 atom stereocenters. The second-order valence-electron chi connectivity index (χ2n) is 4.87. The number of aromatic carboxylic acids is 1. The first kappa shape index (κ1) is 16.4. The fraction of sp³-hybridized carbons (Fsp3) is 0.133. The predicted octanol–water partition coefficient (Wildman–Crippen LogP) is 2.18. The monoisotopic (exact) mass is 348 g/mol. The van der Waals surface area contributed by atoms with E-state index in [9.17, 15) is 18.4 Å². The molecule has 0 aromatic carbocycles. The largest absolute Gasteiger partial charge is 0.478 e. The van der Waals surface area contributed by atoms with Gasteiger partial charge in [0.2, 0.25) is 0 Å². The molecular formula is C15H10F2N4O4. The van der Waals surface area contributed by atoms with Crippen molar-refractivity contribution in [3.63, 3.8) is 0 Å². The SMILES string of the molecule is O=C(O)c1cnc(CNC(=O)c2nccc3occc23)nc1C(F)F. The van der Waals surface area contributed by atoms with Gasteiger partial charge in [0, 0.05) is 12.4 Å². The first-order chi connectivity index (χ1) is 12.0. The molecule has 0 spiro atoms. The molecule has 0 fully saturated rings. The van der Waals surface area contributed by atoms with Crippen molar-refractivity contribution in [2.45, 2.75) is 13.0 Å². The molecule has 0 aliphatic heterocycles. The Morgan fingerprint density at radius 3 is 2.80 bits per heavy atom. The van der Waals surface area contributed by atoms with Crippen molar-refractivity contribution in [3.8, 4) is 0 Å². The minimum Gasteiger partial charge on any atom is -0.478 e. The second-order valence-corrected chi connectivity index (χ2v) is 4.87. The Balaban J connectivity index is 1.79. The summed E-state index contributed by atoms with van der Waals surface area (Å²) in [5.41, 5.74) is -1.01. The standard InChI is InChI=1S/C15H10F2N4O4/c16-13(17)11-8(15(23)24)5-19-10(21-11)6-20-14(22)12-7-2-4-25-9(7)1-3-18-12/h1-5,13H,6H2,(H,20,22)(H,23,24). The molecule has 3 rings (SSSR count). The quantitative estimate of drug-likeness (QED) is 0.725. The number of fused-ring (bicyclic) bond motifs is 1. The maximum absolute atomic E-state index is 12.9. The van der Waals surface area contributed by atoms with Gasteiger partial charge in [0.25, 0.3) is 12.3 Å². The normalized spacial score (nSPS) is 11.0. The van der Waals surface area contributed by atoms with Crippen LogP contribution in [-0.2, 0) is 6.54 Å². The zero-order valence-corrected chi connectivity index (χ0v) is 12.4. The summed E-state index contributed by atoms with van der Waals surface area (Å²) in [6.07, 6.45) is 0.511. The van der Waals surface area contributed by atoms with Gasteiger partial charge < -0.3 is 14.8 Å². The lowest BCUT2D eigenvalue weighted by molar-refractivity contribution is 0.0680. The Bertz CT molecular complexity index is 958. The van der Waals surface area contributed by atoms with Gasteiger partial charge in [-0.05, 0) is 12.1 Å². The van der Waals surface area contributed by atoms with Gasteiger partial charge in [0.05, 0.1) is 18.2 Å². The summed E-state index contributed by atoms with van der Waals surface area (Å²) in [5, 5.41) is 11.8. The highest BCUT2D eigenvalue weighted by Crippen LogP contribution is 2.21. The summed E-state index contributed by atoms with van der Waals surface area (Å²) in [6.45, 7) is -0.269. The topological polar surface area (TPSA) is 118 Å². The minimum absolute atomic E-state index is 0.0995. The number of furan rings is 1. The molecule has 128 valence electrons. The third-order valence-corrected chi connectivity index (χ3v) is 3.31. The molecule has 1 amide bonds. The summed E-state index contributed by atoms with van der Waals surface area (Å²) in [6, 6.07) is 3.17. The molecule has 3 aromatic heterocycles. The van der Waals surface area contributed by atoms with E-state index in [0.29, 0.717) is 11.0 Å². The van der Waals surface area contributed by atoms with Gasteiger partial charge in [-0.2, -0.15) is 0 Å². The van der Waals surface area contributed by atoms with Crippen LogP contribution < -0.4 is 5.32 Å². The van der Waals surface area contributed by atoms with E-state index in [-0.39, 0.29) is 18.1 Å². The number of carboxylic acids is 1. The van der Waals surface area contributed by atoms with Crippen molar-refractivity contribution in [2.75, 3.05) is 0 Å². The lowest BCUT2D eigenvalue weighted by Gasteiger charge is -2.08. The Hall–Kier alpha value is -3.43. The van der Waals surface area contributed by atoms with Gasteiger partial charge in [-0.3, -0.25) is 9.78 Å². The lowest BCUT2D eigenvalue weighted by Crippen LogP contribution is -2.25. The number of carboxylic acid groups (broad SMARTS) is 1. The number of carbonyl (C=O) groups is 2. The fourth-order valence-corrected chi connectivity index (χ4v) is 2.17. The van der Waals surface area contributed by atoms with E-state index in [1.807, 2.05) is 0 Å². The Kier molecular flexibility index (Phi) is 4.33. The maximum atomic E-state index is 12.9. The van der Waals surface area contributed by atoms with E-state index >= 15 is 0 Å². The van der Waals surface area contributed by atoms with Crippen LogP contribution in [0.3, 0.4) is 0 Å². The Morgan fingerprint density at radius 1 is 1.28 bits per heavy atom. The molecule has 2 N–H and O–H groups in total. The molecule has 3 heterocycles. The first-order valence-electron chi connectivity index (χ1n) is 6.95. The number of halogens is 2. The highest BCUT2D eigenvalue weighted by molar-refractivity contribution is 6.03. The average Bonchev–Trinajstić information content (AvgIpc) is 3.07. The number of nitrogens with one attached hydrogen (secondary N) is 1. The molecule has 3 aromatic rings. The van der Waals surface area contributed by atoms with Crippen LogP contribution in [0.15, 0.2) is 35.2 Å². The van der Waals surface area contributed by atoms with E-state index in [1.54, 1.807) is 12.1 Å². The van der Waals surface area contributed by atoms with Crippen LogP contribution >= 0.6 is 0 Å². The zero-order valence-electron chi connectivity index (χ0n) is 12.4. The van der Waals surface area contributed by atoms with Gasteiger partial charge in [-0.1, -0.05) is 0 Å². The van der Waals surface area contributed by atoms with Gasteiger partial charge in [-0.25, -0.2) is 23.5 Å². The zero-order chi connectivity index (χ0) is 18.0. The van der Waals surface area contributed by atoms with Crippen molar-refractivity contribution in [1.82, 2.24) is 20.3 Å². The molecule has 0 bridgehead atoms. The molecule has 10 heteroatoms. The van der Waals surface area contributed by atoms with Gasteiger partial charge in [-0.15, -0.1) is 0 Å². The number of aromatic nitrogens is 3. The molecule has 0 aliphatic rings. The summed E-state index contributed by atoms with van der Waals surface area (Å²) < 4.78 is 31.0. The lowest BCUT2D eigenvalue weighted by atomic mass is 10.2. The summed E-state index contributed by atoms with van der Waals surface area (Å²) in [7, 11) is 0. The van der Waals surface area contributed by atoms with E-state index in [2.05, 4.69) is 20.3 Å². The second kappa shape index (κ2) is 6.59. The Labute approximate surface area is 138 Å². The third-order valence-electron chi connectivity index (χ3n) is 3.31. The molecule has 0 radical (unpaired) electrons. The van der Waals surface area contributed by atoms with Crippen LogP contribution in [0.25, 0.3) is 11.0 Å². The number of nitrogens with zero attached hydrogens (tertiary/aromatic N) is 3. The number of hydrogen-bond donors (Lipinski definition) is 2. The predicted molar refractivity (Wildman–Crippen MR) is 79.1 cm³/mol. The number of amides is 1. The Morgan fingerprint density at radius 2 is 2.08 bits per heavy atom. The summed E-state index contributed by atoms with van der Waals surface area (Å²) in [4.78, 5) is 34.3. The maximum Gasteiger partial charge on any atom is 0.339 e. The molecule has 0 aliphatic carbocycles. The number of carbonyl (C=O) groups excluding carboxylic acids is 1. The fourth-order valence-electron chi connectivity index (χ4n) is 2.17. The van der Waals surface area contributed by atoms with Crippen molar-refractivity contribution < 1.29 is 27.9 Å². The van der Waals surface area contributed by atoms with Crippen LogP contribution in [0.1, 0.15) is 38.8 Å². The average molecular weight is 348 g/mol.